The lowest BCUT2D eigenvalue weighted by molar-refractivity contribution is -0.116. The first-order valence-electron chi connectivity index (χ1n) is 9.86. The highest BCUT2D eigenvalue weighted by atomic mass is 32.1. The van der Waals surface area contributed by atoms with Crippen molar-refractivity contribution in [2.45, 2.75) is 26.7 Å². The summed E-state index contributed by atoms with van der Waals surface area (Å²) in [7, 11) is 1.29. The summed E-state index contributed by atoms with van der Waals surface area (Å²) in [6.07, 6.45) is 0.776. The second kappa shape index (κ2) is 10.2. The summed E-state index contributed by atoms with van der Waals surface area (Å²) in [6, 6.07) is 13.6. The van der Waals surface area contributed by atoms with Gasteiger partial charge in [-0.25, -0.2) is 9.18 Å². The molecule has 1 aromatic heterocycles. The van der Waals surface area contributed by atoms with Crippen molar-refractivity contribution in [1.29, 1.82) is 0 Å². The Morgan fingerprint density at radius 2 is 1.77 bits per heavy atom. The molecule has 0 saturated carbocycles. The number of para-hydroxylation sites is 1. The van der Waals surface area contributed by atoms with Gasteiger partial charge in [0.15, 0.2) is 0 Å². The average molecular weight is 442 g/mol. The highest BCUT2D eigenvalue weighted by Crippen LogP contribution is 2.40. The highest BCUT2D eigenvalue weighted by molar-refractivity contribution is 7.17. The molecule has 0 fully saturated rings. The number of halogens is 1. The van der Waals surface area contributed by atoms with Gasteiger partial charge in [0.1, 0.15) is 22.1 Å². The molecule has 1 heterocycles. The molecule has 5 nitrogen and oxygen atoms in total. The average Bonchev–Trinajstić information content (AvgIpc) is 3.07. The third-order valence-corrected chi connectivity index (χ3v) is 5.78. The lowest BCUT2D eigenvalue weighted by Crippen LogP contribution is -2.15. The van der Waals surface area contributed by atoms with Crippen LogP contribution in [0.3, 0.4) is 0 Å². The fourth-order valence-corrected chi connectivity index (χ4v) is 4.30. The van der Waals surface area contributed by atoms with E-state index in [9.17, 15) is 14.0 Å². The van der Waals surface area contributed by atoms with E-state index in [1.54, 1.807) is 12.1 Å². The molecule has 0 unspecified atom stereocenters. The van der Waals surface area contributed by atoms with Gasteiger partial charge in [-0.15, -0.1) is 11.3 Å². The van der Waals surface area contributed by atoms with Gasteiger partial charge in [-0.3, -0.25) is 4.79 Å². The van der Waals surface area contributed by atoms with Crippen molar-refractivity contribution in [3.63, 3.8) is 0 Å². The minimum absolute atomic E-state index is 0.217. The van der Waals surface area contributed by atoms with Crippen LogP contribution in [0.4, 0.5) is 9.39 Å². The summed E-state index contributed by atoms with van der Waals surface area (Å²) in [6.45, 7) is 4.22. The predicted octanol–water partition coefficient (Wildman–Crippen LogP) is 5.76. The van der Waals surface area contributed by atoms with Crippen LogP contribution in [0.5, 0.6) is 5.75 Å². The normalized spacial score (nSPS) is 10.6. The maximum atomic E-state index is 13.3. The topological polar surface area (TPSA) is 64.6 Å². The minimum atomic E-state index is -0.554. The van der Waals surface area contributed by atoms with Crippen molar-refractivity contribution in [2.75, 3.05) is 19.0 Å². The number of hydrogen-bond donors (Lipinski definition) is 1. The highest BCUT2D eigenvalue weighted by Gasteiger charge is 2.25. The van der Waals surface area contributed by atoms with E-state index in [-0.39, 0.29) is 23.7 Å². The number of aryl methyl sites for hydroxylation is 2. The Kier molecular flexibility index (Phi) is 7.41. The van der Waals surface area contributed by atoms with E-state index in [1.165, 1.54) is 30.6 Å². The van der Waals surface area contributed by atoms with Crippen LogP contribution in [-0.2, 0) is 9.53 Å². The molecule has 162 valence electrons. The van der Waals surface area contributed by atoms with Crippen molar-refractivity contribution < 1.29 is 23.5 Å². The first kappa shape index (κ1) is 22.5. The van der Waals surface area contributed by atoms with E-state index in [1.807, 2.05) is 38.1 Å². The number of carbonyl (C=O) groups excluding carboxylic acids is 2. The minimum Gasteiger partial charge on any atom is -0.493 e. The molecule has 0 atom stereocenters. The summed E-state index contributed by atoms with van der Waals surface area (Å²) in [4.78, 5) is 25.8. The van der Waals surface area contributed by atoms with E-state index in [2.05, 4.69) is 5.32 Å². The molecule has 3 aromatic rings. The quantitative estimate of drug-likeness (QED) is 0.357. The zero-order valence-corrected chi connectivity index (χ0v) is 18.5. The van der Waals surface area contributed by atoms with Gasteiger partial charge in [0, 0.05) is 16.9 Å². The number of carbonyl (C=O) groups is 2. The molecule has 0 radical (unpaired) electrons. The molecule has 1 amide bonds. The molecular formula is C24H24FNO4S. The number of rotatable bonds is 8. The zero-order valence-electron chi connectivity index (χ0n) is 17.7. The smallest absolute Gasteiger partial charge is 0.341 e. The lowest BCUT2D eigenvalue weighted by Gasteiger charge is -2.10. The number of hydrogen-bond acceptors (Lipinski definition) is 5. The standard InChI is InChI=1S/C24H24FNO4S/c1-15-7-4-5-8-19(15)30-14-6-9-20(27)26-23-22(24(28)29-3)21(16(2)31-23)17-10-12-18(25)13-11-17/h4-5,7-8,10-13H,6,9,14H2,1-3H3,(H,26,27). The van der Waals surface area contributed by atoms with Gasteiger partial charge in [-0.2, -0.15) is 0 Å². The summed E-state index contributed by atoms with van der Waals surface area (Å²) < 4.78 is 24.0. The van der Waals surface area contributed by atoms with Crippen LogP contribution in [0.1, 0.15) is 33.6 Å². The van der Waals surface area contributed by atoms with Crippen molar-refractivity contribution in [2.24, 2.45) is 0 Å². The maximum absolute atomic E-state index is 13.3. The van der Waals surface area contributed by atoms with E-state index < -0.39 is 5.97 Å². The Hall–Kier alpha value is -3.19. The molecule has 2 aromatic carbocycles. The Bertz CT molecular complexity index is 1080. The lowest BCUT2D eigenvalue weighted by atomic mass is 10.0. The first-order valence-corrected chi connectivity index (χ1v) is 10.7. The van der Waals surface area contributed by atoms with Crippen LogP contribution in [0, 0.1) is 19.7 Å². The monoisotopic (exact) mass is 441 g/mol. The van der Waals surface area contributed by atoms with E-state index in [4.69, 9.17) is 9.47 Å². The number of amides is 1. The van der Waals surface area contributed by atoms with Gasteiger partial charge in [0.05, 0.1) is 13.7 Å². The second-order valence-corrected chi connectivity index (χ2v) is 8.23. The molecule has 0 saturated heterocycles. The third kappa shape index (κ3) is 5.49. The fourth-order valence-electron chi connectivity index (χ4n) is 3.22. The number of benzene rings is 2. The fraction of sp³-hybridized carbons (Fsp3) is 0.250. The van der Waals surface area contributed by atoms with E-state index >= 15 is 0 Å². The molecular weight excluding hydrogens is 417 g/mol. The van der Waals surface area contributed by atoms with Gasteiger partial charge in [0.2, 0.25) is 5.91 Å². The maximum Gasteiger partial charge on any atom is 0.341 e. The molecule has 1 N–H and O–H groups in total. The molecule has 0 aliphatic carbocycles. The molecule has 3 rings (SSSR count). The van der Waals surface area contributed by atoms with Crippen LogP contribution < -0.4 is 10.1 Å². The predicted molar refractivity (Wildman–Crippen MR) is 120 cm³/mol. The van der Waals surface area contributed by atoms with Crippen molar-refractivity contribution in [3.05, 3.63) is 70.4 Å². The van der Waals surface area contributed by atoms with Crippen molar-refractivity contribution >= 4 is 28.2 Å². The van der Waals surface area contributed by atoms with Crippen LogP contribution >= 0.6 is 11.3 Å². The summed E-state index contributed by atoms with van der Waals surface area (Å²) in [5, 5.41) is 3.25. The van der Waals surface area contributed by atoms with Crippen molar-refractivity contribution in [3.8, 4) is 16.9 Å². The largest absolute Gasteiger partial charge is 0.493 e. The van der Waals surface area contributed by atoms with Gasteiger partial charge in [0.25, 0.3) is 0 Å². The third-order valence-electron chi connectivity index (χ3n) is 4.76. The number of nitrogens with one attached hydrogen (secondary N) is 1. The van der Waals surface area contributed by atoms with Gasteiger partial charge in [-0.05, 0) is 49.6 Å². The van der Waals surface area contributed by atoms with Crippen LogP contribution in [-0.4, -0.2) is 25.6 Å². The van der Waals surface area contributed by atoms with Gasteiger partial charge in [-0.1, -0.05) is 30.3 Å². The van der Waals surface area contributed by atoms with Crippen LogP contribution in [0.2, 0.25) is 0 Å². The molecule has 7 heteroatoms. The molecule has 31 heavy (non-hydrogen) atoms. The summed E-state index contributed by atoms with van der Waals surface area (Å²) in [5.41, 5.74) is 2.64. The number of esters is 1. The zero-order chi connectivity index (χ0) is 22.4. The van der Waals surface area contributed by atoms with Crippen molar-refractivity contribution in [1.82, 2.24) is 0 Å². The number of ether oxygens (including phenoxy) is 2. The number of thiophene rings is 1. The Labute approximate surface area is 184 Å². The molecule has 0 aliphatic heterocycles. The Morgan fingerprint density at radius 1 is 1.06 bits per heavy atom. The Balaban J connectivity index is 1.69. The molecule has 0 bridgehead atoms. The SMILES string of the molecule is COC(=O)c1c(NC(=O)CCCOc2ccccc2C)sc(C)c1-c1ccc(F)cc1. The van der Waals surface area contributed by atoms with E-state index in [0.717, 1.165) is 16.2 Å². The summed E-state index contributed by atoms with van der Waals surface area (Å²) >= 11 is 1.29. The first-order chi connectivity index (χ1) is 14.9. The summed E-state index contributed by atoms with van der Waals surface area (Å²) in [5.74, 6) is -0.335. The van der Waals surface area contributed by atoms with Crippen LogP contribution in [0.25, 0.3) is 11.1 Å². The number of anilines is 1. The van der Waals surface area contributed by atoms with Crippen LogP contribution in [0.15, 0.2) is 48.5 Å². The second-order valence-electron chi connectivity index (χ2n) is 7.00. The Morgan fingerprint density at radius 3 is 2.45 bits per heavy atom. The molecule has 0 spiro atoms. The van der Waals surface area contributed by atoms with Gasteiger partial charge < -0.3 is 14.8 Å². The molecule has 0 aliphatic rings. The number of methoxy groups -OCH3 is 1. The van der Waals surface area contributed by atoms with E-state index in [0.29, 0.717) is 29.2 Å². The van der Waals surface area contributed by atoms with Gasteiger partial charge >= 0.3 is 5.97 Å².